The summed E-state index contributed by atoms with van der Waals surface area (Å²) in [4.78, 5) is 15.8. The van der Waals surface area contributed by atoms with E-state index in [9.17, 15) is 4.79 Å². The molecule has 0 fully saturated rings. The molecule has 1 rings (SSSR count). The number of allylic oxidation sites excluding steroid dienone is 1. The Labute approximate surface area is 128 Å². The molecular weight excluding hydrogens is 321 g/mol. The second kappa shape index (κ2) is 9.79. The van der Waals surface area contributed by atoms with Gasteiger partial charge in [-0.1, -0.05) is 0 Å². The van der Waals surface area contributed by atoms with E-state index in [1.54, 1.807) is 11.8 Å². The van der Waals surface area contributed by atoms with Gasteiger partial charge in [0, 0.05) is 0 Å². The number of unbranched alkanes of at least 4 members (excludes halogenated alkanes) is 5. The normalized spacial score (nSPS) is 17.6. The van der Waals surface area contributed by atoms with Crippen LogP contribution in [0.2, 0.25) is 0 Å². The van der Waals surface area contributed by atoms with Crippen LogP contribution < -0.4 is 0 Å². The summed E-state index contributed by atoms with van der Waals surface area (Å²) < 4.78 is 2.03. The van der Waals surface area contributed by atoms with E-state index in [4.69, 9.17) is 0 Å². The van der Waals surface area contributed by atoms with E-state index < -0.39 is 0 Å². The number of hydrogen-bond acceptors (Lipinski definition) is 2. The number of nitrogens with zero attached hydrogens (tertiary/aromatic N) is 1. The third kappa shape index (κ3) is 7.34. The van der Waals surface area contributed by atoms with Crippen molar-refractivity contribution in [3.05, 3.63) is 10.5 Å². The molecule has 0 aromatic heterocycles. The molecule has 1 aliphatic rings. The molecule has 1 aliphatic heterocycles. The maximum atomic E-state index is 11.7. The topological polar surface area (TPSA) is 29.4 Å². The van der Waals surface area contributed by atoms with Crippen LogP contribution in [-0.4, -0.2) is 30.6 Å². The van der Waals surface area contributed by atoms with Gasteiger partial charge in [0.15, 0.2) is 0 Å². The fourth-order valence-corrected chi connectivity index (χ4v) is 5.56. The molecule has 0 saturated carbocycles. The quantitative estimate of drug-likeness (QED) is 0.374. The summed E-state index contributed by atoms with van der Waals surface area (Å²) in [6.45, 7) is 6.46. The zero-order valence-electron chi connectivity index (χ0n) is 12.3. The molecule has 0 unspecified atom stereocenters. The Hall–Kier alpha value is -0.0505. The summed E-state index contributed by atoms with van der Waals surface area (Å²) in [6.07, 6.45) is 10.0. The summed E-state index contributed by atoms with van der Waals surface area (Å²) in [5, 5.41) is 0. The van der Waals surface area contributed by atoms with E-state index >= 15 is 0 Å². The van der Waals surface area contributed by atoms with Crippen molar-refractivity contribution in [2.75, 3.05) is 5.75 Å². The second-order valence-corrected chi connectivity index (χ2v) is 9.01. The molecule has 0 aliphatic carbocycles. The summed E-state index contributed by atoms with van der Waals surface area (Å²) in [5.41, 5.74) is 0. The molecule has 0 radical (unpaired) electrons. The third-order valence-electron chi connectivity index (χ3n) is 2.81. The van der Waals surface area contributed by atoms with Gasteiger partial charge in [-0.25, -0.2) is 0 Å². The Balaban J connectivity index is 2.15. The van der Waals surface area contributed by atoms with Gasteiger partial charge in [0.2, 0.25) is 0 Å². The van der Waals surface area contributed by atoms with Gasteiger partial charge in [-0.05, 0) is 0 Å². The molecule has 2 nitrogen and oxygen atoms in total. The van der Waals surface area contributed by atoms with Crippen molar-refractivity contribution in [2.24, 2.45) is 10.9 Å². The molecule has 1 amide bonds. The van der Waals surface area contributed by atoms with Gasteiger partial charge < -0.3 is 0 Å². The Morgan fingerprint density at radius 2 is 1.89 bits per heavy atom. The zero-order valence-corrected chi connectivity index (χ0v) is 14.8. The first kappa shape index (κ1) is 17.0. The predicted molar refractivity (Wildman–Crippen MR) is 87.0 cm³/mol. The van der Waals surface area contributed by atoms with Crippen LogP contribution in [0, 0.1) is 5.92 Å². The van der Waals surface area contributed by atoms with Crippen molar-refractivity contribution < 1.29 is 4.79 Å². The van der Waals surface area contributed by atoms with Crippen LogP contribution in [0.15, 0.2) is 15.5 Å². The van der Waals surface area contributed by atoms with Crippen LogP contribution in [0.4, 0.5) is 0 Å². The van der Waals surface area contributed by atoms with Crippen LogP contribution in [-0.2, 0) is 4.79 Å². The Bertz CT molecular complexity index is 350. The number of thioether (sulfide) groups is 1. The number of hydrogen-bond donors (Lipinski definition) is 0. The standard InChI is InChI=1S/C15H25NOSSe/c1-4-5-6-7-8-9-10-18-15-16-14(17)13(19-15)11-12(2)3/h11-12H,4-10H2,1-3H3/b13-11-. The van der Waals surface area contributed by atoms with Crippen molar-refractivity contribution in [1.29, 1.82) is 0 Å². The van der Waals surface area contributed by atoms with E-state index in [2.05, 4.69) is 31.8 Å². The summed E-state index contributed by atoms with van der Waals surface area (Å²) in [6, 6.07) is 0. The maximum absolute atomic E-state index is 11.7. The van der Waals surface area contributed by atoms with E-state index in [-0.39, 0.29) is 20.9 Å². The van der Waals surface area contributed by atoms with Gasteiger partial charge in [-0.15, -0.1) is 0 Å². The predicted octanol–water partition coefficient (Wildman–Crippen LogP) is 4.22. The van der Waals surface area contributed by atoms with Gasteiger partial charge in [0.05, 0.1) is 0 Å². The fraction of sp³-hybridized carbons (Fsp3) is 0.733. The first-order valence-corrected chi connectivity index (χ1v) is 9.98. The number of carbonyl (C=O) groups excluding carboxylic acids is 1. The molecule has 4 heteroatoms. The zero-order chi connectivity index (χ0) is 14.1. The van der Waals surface area contributed by atoms with E-state index in [1.807, 2.05) is 0 Å². The number of rotatable bonds is 8. The van der Waals surface area contributed by atoms with Gasteiger partial charge in [-0.2, -0.15) is 0 Å². The minimum atomic E-state index is 0.0131. The van der Waals surface area contributed by atoms with Crippen LogP contribution in [0.25, 0.3) is 0 Å². The molecule has 0 atom stereocenters. The first-order chi connectivity index (χ1) is 9.13. The molecule has 19 heavy (non-hydrogen) atoms. The molecule has 1 heterocycles. The molecule has 0 aromatic rings. The van der Waals surface area contributed by atoms with Crippen LogP contribution >= 0.6 is 11.8 Å². The number of amides is 1. The molecule has 0 bridgehead atoms. The van der Waals surface area contributed by atoms with Crippen LogP contribution in [0.5, 0.6) is 0 Å². The summed E-state index contributed by atoms with van der Waals surface area (Å²) >= 11 is 1.97. The van der Waals surface area contributed by atoms with Gasteiger partial charge in [0.25, 0.3) is 0 Å². The molecular formula is C15H25NOSSe. The molecule has 0 spiro atoms. The summed E-state index contributed by atoms with van der Waals surface area (Å²) in [7, 11) is 0. The Morgan fingerprint density at radius 1 is 1.21 bits per heavy atom. The average molecular weight is 346 g/mol. The van der Waals surface area contributed by atoms with Crippen molar-refractivity contribution in [1.82, 2.24) is 0 Å². The van der Waals surface area contributed by atoms with Crippen molar-refractivity contribution in [2.45, 2.75) is 59.3 Å². The molecule has 108 valence electrons. The van der Waals surface area contributed by atoms with E-state index in [0.717, 1.165) is 14.2 Å². The summed E-state index contributed by atoms with van der Waals surface area (Å²) in [5.74, 6) is 1.58. The fourth-order valence-electron chi connectivity index (χ4n) is 1.81. The van der Waals surface area contributed by atoms with Gasteiger partial charge in [-0.3, -0.25) is 0 Å². The average Bonchev–Trinajstić information content (AvgIpc) is 2.68. The monoisotopic (exact) mass is 347 g/mol. The molecule has 0 N–H and O–H groups in total. The first-order valence-electron chi connectivity index (χ1n) is 7.29. The van der Waals surface area contributed by atoms with Gasteiger partial charge in [0.1, 0.15) is 0 Å². The Morgan fingerprint density at radius 3 is 2.58 bits per heavy atom. The third-order valence-corrected chi connectivity index (χ3v) is 6.49. The van der Waals surface area contributed by atoms with Crippen molar-refractivity contribution >= 4 is 36.6 Å². The SMILES string of the molecule is CCCCCCCCSC1=NC(=O)/C(=C/C(C)C)[Se]1. The number of carbonyl (C=O) groups is 1. The van der Waals surface area contributed by atoms with Gasteiger partial charge >= 0.3 is 128 Å². The van der Waals surface area contributed by atoms with Crippen LogP contribution in [0.3, 0.4) is 0 Å². The van der Waals surface area contributed by atoms with E-state index in [0.29, 0.717) is 5.92 Å². The van der Waals surface area contributed by atoms with E-state index in [1.165, 1.54) is 38.5 Å². The second-order valence-electron chi connectivity index (χ2n) is 5.18. The Kier molecular flexibility index (Phi) is 8.76. The molecule has 0 aromatic carbocycles. The van der Waals surface area contributed by atoms with Crippen molar-refractivity contribution in [3.63, 3.8) is 0 Å². The minimum absolute atomic E-state index is 0.0131. The molecule has 0 saturated heterocycles. The number of aliphatic imine (C=N–C) groups is 1. The van der Waals surface area contributed by atoms with Crippen LogP contribution in [0.1, 0.15) is 59.3 Å². The van der Waals surface area contributed by atoms with Crippen molar-refractivity contribution in [3.8, 4) is 0 Å².